The lowest BCUT2D eigenvalue weighted by Crippen LogP contribution is -2.56. The Morgan fingerprint density at radius 1 is 1.05 bits per heavy atom. The smallest absolute Gasteiger partial charge is 0.320 e. The van der Waals surface area contributed by atoms with Crippen LogP contribution < -0.4 is 0 Å². The third-order valence-corrected chi connectivity index (χ3v) is 4.70. The second-order valence-corrected chi connectivity index (χ2v) is 6.26. The van der Waals surface area contributed by atoms with Gasteiger partial charge in [0.1, 0.15) is 0 Å². The van der Waals surface area contributed by atoms with Crippen molar-refractivity contribution in [2.24, 2.45) is 0 Å². The molecule has 1 N–H and O–H groups in total. The van der Waals surface area contributed by atoms with Crippen molar-refractivity contribution < 1.29 is 14.7 Å². The van der Waals surface area contributed by atoms with Crippen LogP contribution in [-0.2, 0) is 4.79 Å². The van der Waals surface area contributed by atoms with Gasteiger partial charge < -0.3 is 14.9 Å². The number of carbonyl (C=O) groups excluding carboxylic acids is 1. The van der Waals surface area contributed by atoms with Crippen molar-refractivity contribution >= 4 is 12.0 Å². The Balaban J connectivity index is 2.10. The Bertz CT molecular complexity index is 362. The molecule has 0 spiro atoms. The van der Waals surface area contributed by atoms with E-state index < -0.39 is 5.97 Å². The lowest BCUT2D eigenvalue weighted by atomic mass is 9.96. The molecule has 0 aromatic carbocycles. The van der Waals surface area contributed by atoms with Crippen molar-refractivity contribution in [3.63, 3.8) is 0 Å². The molecule has 2 rings (SSSR count). The molecule has 0 aromatic heterocycles. The van der Waals surface area contributed by atoms with Crippen LogP contribution in [0.2, 0.25) is 0 Å². The topological polar surface area (TPSA) is 60.9 Å². The Morgan fingerprint density at radius 3 is 2.30 bits per heavy atom. The van der Waals surface area contributed by atoms with Gasteiger partial charge in [-0.15, -0.1) is 0 Å². The van der Waals surface area contributed by atoms with Gasteiger partial charge in [0.25, 0.3) is 0 Å². The van der Waals surface area contributed by atoms with Crippen LogP contribution in [-0.4, -0.2) is 51.6 Å². The molecule has 2 fully saturated rings. The summed E-state index contributed by atoms with van der Waals surface area (Å²) in [4.78, 5) is 27.6. The van der Waals surface area contributed by atoms with Crippen LogP contribution in [0.25, 0.3) is 0 Å². The fraction of sp³-hybridized carbons (Fsp3) is 0.867. The van der Waals surface area contributed by atoms with Crippen LogP contribution in [0.1, 0.15) is 58.8 Å². The Hall–Kier alpha value is -1.26. The number of urea groups is 1. The van der Waals surface area contributed by atoms with E-state index in [1.165, 1.54) is 6.42 Å². The van der Waals surface area contributed by atoms with E-state index >= 15 is 0 Å². The van der Waals surface area contributed by atoms with Gasteiger partial charge in [-0.2, -0.15) is 0 Å². The number of amides is 2. The van der Waals surface area contributed by atoms with Crippen LogP contribution in [0.3, 0.4) is 0 Å². The lowest BCUT2D eigenvalue weighted by molar-refractivity contribution is -0.138. The SMILES string of the molecule is C[C@@H]1CCC[C@H](C)N1C(=O)N1CCCCC1CC(=O)O. The van der Waals surface area contributed by atoms with E-state index in [0.717, 1.165) is 32.1 Å². The number of piperidine rings is 2. The number of carbonyl (C=O) groups is 2. The van der Waals surface area contributed by atoms with Crippen LogP contribution in [0.4, 0.5) is 4.79 Å². The van der Waals surface area contributed by atoms with E-state index in [1.807, 2.05) is 9.80 Å². The summed E-state index contributed by atoms with van der Waals surface area (Å²) in [6, 6.07) is 0.447. The van der Waals surface area contributed by atoms with E-state index in [9.17, 15) is 9.59 Å². The molecule has 0 saturated carbocycles. The predicted octanol–water partition coefficient (Wildman–Crippen LogP) is 2.70. The zero-order chi connectivity index (χ0) is 14.7. The van der Waals surface area contributed by atoms with Gasteiger partial charge in [0.2, 0.25) is 0 Å². The minimum Gasteiger partial charge on any atom is -0.481 e. The van der Waals surface area contributed by atoms with E-state index in [-0.39, 0.29) is 30.6 Å². The average molecular weight is 282 g/mol. The van der Waals surface area contributed by atoms with Crippen molar-refractivity contribution in [1.82, 2.24) is 9.80 Å². The summed E-state index contributed by atoms with van der Waals surface area (Å²) in [5.41, 5.74) is 0. The van der Waals surface area contributed by atoms with Crippen molar-refractivity contribution in [3.8, 4) is 0 Å². The normalized spacial score (nSPS) is 31.2. The number of aliphatic carboxylic acids is 1. The molecule has 2 saturated heterocycles. The average Bonchev–Trinajstić information content (AvgIpc) is 2.38. The highest BCUT2D eigenvalue weighted by molar-refractivity contribution is 5.77. The molecule has 0 aliphatic carbocycles. The summed E-state index contributed by atoms with van der Waals surface area (Å²) >= 11 is 0. The van der Waals surface area contributed by atoms with Gasteiger partial charge >= 0.3 is 12.0 Å². The van der Waals surface area contributed by atoms with Crippen molar-refractivity contribution in [3.05, 3.63) is 0 Å². The van der Waals surface area contributed by atoms with Crippen molar-refractivity contribution in [2.45, 2.75) is 76.9 Å². The molecule has 0 bridgehead atoms. The van der Waals surface area contributed by atoms with Gasteiger partial charge in [0.05, 0.1) is 6.42 Å². The molecule has 1 unspecified atom stereocenters. The molecule has 114 valence electrons. The molecule has 0 aromatic rings. The van der Waals surface area contributed by atoms with Gasteiger partial charge in [0, 0.05) is 24.7 Å². The Kier molecular flexibility index (Phi) is 4.89. The molecule has 2 aliphatic heterocycles. The van der Waals surface area contributed by atoms with Crippen molar-refractivity contribution in [1.29, 1.82) is 0 Å². The first-order valence-electron chi connectivity index (χ1n) is 7.81. The highest BCUT2D eigenvalue weighted by Crippen LogP contribution is 2.27. The predicted molar refractivity (Wildman–Crippen MR) is 76.6 cm³/mol. The third kappa shape index (κ3) is 3.25. The fourth-order valence-electron chi connectivity index (χ4n) is 3.61. The highest BCUT2D eigenvalue weighted by Gasteiger charge is 2.36. The zero-order valence-electron chi connectivity index (χ0n) is 12.5. The van der Waals surface area contributed by atoms with E-state index in [1.54, 1.807) is 0 Å². The molecule has 2 amide bonds. The van der Waals surface area contributed by atoms with Gasteiger partial charge in [-0.05, 0) is 52.4 Å². The first-order valence-corrected chi connectivity index (χ1v) is 7.81. The quantitative estimate of drug-likeness (QED) is 0.847. The molecular formula is C15H26N2O3. The number of hydrogen-bond donors (Lipinski definition) is 1. The number of nitrogens with zero attached hydrogens (tertiary/aromatic N) is 2. The maximum Gasteiger partial charge on any atom is 0.320 e. The molecule has 5 heteroatoms. The summed E-state index contributed by atoms with van der Waals surface area (Å²) < 4.78 is 0. The monoisotopic (exact) mass is 282 g/mol. The van der Waals surface area contributed by atoms with Crippen molar-refractivity contribution in [2.75, 3.05) is 6.54 Å². The summed E-state index contributed by atoms with van der Waals surface area (Å²) in [7, 11) is 0. The number of carboxylic acids is 1. The maximum atomic E-state index is 12.8. The summed E-state index contributed by atoms with van der Waals surface area (Å²) in [5, 5.41) is 9.03. The lowest BCUT2D eigenvalue weighted by Gasteiger charge is -2.45. The van der Waals surface area contributed by atoms with Gasteiger partial charge in [0.15, 0.2) is 0 Å². The molecule has 2 aliphatic rings. The van der Waals surface area contributed by atoms with Crippen LogP contribution in [0.15, 0.2) is 0 Å². The summed E-state index contributed by atoms with van der Waals surface area (Å²) in [6.45, 7) is 4.90. The van der Waals surface area contributed by atoms with E-state index in [4.69, 9.17) is 5.11 Å². The Labute approximate surface area is 120 Å². The minimum absolute atomic E-state index is 0.0515. The first kappa shape index (κ1) is 15.1. The second kappa shape index (κ2) is 6.46. The number of likely N-dealkylation sites (tertiary alicyclic amines) is 2. The zero-order valence-corrected chi connectivity index (χ0v) is 12.5. The molecule has 20 heavy (non-hydrogen) atoms. The molecule has 0 radical (unpaired) electrons. The van der Waals surface area contributed by atoms with Gasteiger partial charge in [-0.1, -0.05) is 0 Å². The Morgan fingerprint density at radius 2 is 1.70 bits per heavy atom. The number of hydrogen-bond acceptors (Lipinski definition) is 2. The van der Waals surface area contributed by atoms with Gasteiger partial charge in [-0.25, -0.2) is 4.79 Å². The van der Waals surface area contributed by atoms with Crippen LogP contribution >= 0.6 is 0 Å². The second-order valence-electron chi connectivity index (χ2n) is 6.26. The summed E-state index contributed by atoms with van der Waals surface area (Å²) in [6.07, 6.45) is 6.16. The summed E-state index contributed by atoms with van der Waals surface area (Å²) in [5.74, 6) is -0.811. The maximum absolute atomic E-state index is 12.8. The van der Waals surface area contributed by atoms with E-state index in [2.05, 4.69) is 13.8 Å². The molecule has 5 nitrogen and oxygen atoms in total. The minimum atomic E-state index is -0.811. The van der Waals surface area contributed by atoms with Crippen LogP contribution in [0.5, 0.6) is 0 Å². The van der Waals surface area contributed by atoms with Gasteiger partial charge in [-0.3, -0.25) is 4.79 Å². The third-order valence-electron chi connectivity index (χ3n) is 4.70. The number of carboxylic acid groups (broad SMARTS) is 1. The van der Waals surface area contributed by atoms with E-state index in [0.29, 0.717) is 6.54 Å². The highest BCUT2D eigenvalue weighted by atomic mass is 16.4. The largest absolute Gasteiger partial charge is 0.481 e. The number of rotatable bonds is 2. The molecular weight excluding hydrogens is 256 g/mol. The fourth-order valence-corrected chi connectivity index (χ4v) is 3.61. The van der Waals surface area contributed by atoms with Crippen LogP contribution in [0, 0.1) is 0 Å². The molecule has 2 heterocycles. The standard InChI is InChI=1S/C15H26N2O3/c1-11-6-5-7-12(2)17(11)15(20)16-9-4-3-8-13(16)10-14(18)19/h11-13H,3-10H2,1-2H3,(H,18,19)/t11-,12+,13?. The molecule has 3 atom stereocenters. The first-order chi connectivity index (χ1) is 9.50.